The molecule has 1 heterocycles. The van der Waals surface area contributed by atoms with E-state index in [-0.39, 0.29) is 11.1 Å². The molecule has 1 aliphatic heterocycles. The van der Waals surface area contributed by atoms with E-state index in [2.05, 4.69) is 30.8 Å². The Labute approximate surface area is 133 Å². The van der Waals surface area contributed by atoms with Crippen LogP contribution in [0.15, 0.2) is 12.1 Å². The lowest BCUT2D eigenvalue weighted by atomic mass is 9.85. The van der Waals surface area contributed by atoms with Gasteiger partial charge in [-0.15, -0.1) is 0 Å². The van der Waals surface area contributed by atoms with E-state index in [1.165, 1.54) is 12.1 Å². The molecule has 1 unspecified atom stereocenters. The minimum absolute atomic E-state index is 0.0356. The van der Waals surface area contributed by atoms with Crippen LogP contribution in [0.3, 0.4) is 0 Å². The summed E-state index contributed by atoms with van der Waals surface area (Å²) >= 11 is 0. The number of nitrogens with zero attached hydrogens (tertiary/aromatic N) is 2. The number of likely N-dealkylation sites (N-methyl/N-ethyl adjacent to an activating group) is 1. The minimum Gasteiger partial charge on any atom is -0.370 e. The van der Waals surface area contributed by atoms with Crippen LogP contribution in [0.2, 0.25) is 0 Å². The lowest BCUT2D eigenvalue weighted by Crippen LogP contribution is -2.54. The van der Waals surface area contributed by atoms with Crippen molar-refractivity contribution in [1.82, 2.24) is 4.90 Å². The highest BCUT2D eigenvalue weighted by Gasteiger charge is 2.34. The SMILES string of the molecule is CN(C)C1(C)CCCN(c2cc(F)c(C(C)(C)C)c(F)c2)C1. The Bertz CT molecular complexity index is 526. The van der Waals surface area contributed by atoms with Crippen molar-refractivity contribution in [1.29, 1.82) is 0 Å². The smallest absolute Gasteiger partial charge is 0.131 e. The highest BCUT2D eigenvalue weighted by molar-refractivity contribution is 5.51. The van der Waals surface area contributed by atoms with Crippen LogP contribution in [0.1, 0.15) is 46.1 Å². The standard InChI is InChI=1S/C18H28F2N2/c1-17(2,3)16-14(19)10-13(11-15(16)20)22-9-7-8-18(4,12-22)21(5)6/h10-11H,7-9,12H2,1-6H3. The number of piperidine rings is 1. The molecule has 0 saturated carbocycles. The predicted molar refractivity (Wildman–Crippen MR) is 88.6 cm³/mol. The van der Waals surface area contributed by atoms with Crippen LogP contribution in [0.5, 0.6) is 0 Å². The van der Waals surface area contributed by atoms with Gasteiger partial charge in [0.05, 0.1) is 0 Å². The van der Waals surface area contributed by atoms with Gasteiger partial charge in [-0.1, -0.05) is 20.8 Å². The first-order chi connectivity index (χ1) is 10.0. The van der Waals surface area contributed by atoms with Gasteiger partial charge in [0.15, 0.2) is 0 Å². The van der Waals surface area contributed by atoms with Crippen LogP contribution in [0.25, 0.3) is 0 Å². The first-order valence-corrected chi connectivity index (χ1v) is 7.96. The van der Waals surface area contributed by atoms with E-state index in [9.17, 15) is 8.78 Å². The molecule has 0 radical (unpaired) electrons. The summed E-state index contributed by atoms with van der Waals surface area (Å²) in [5.41, 5.74) is 0.320. The molecule has 1 saturated heterocycles. The molecule has 0 spiro atoms. The molecule has 22 heavy (non-hydrogen) atoms. The average Bonchev–Trinajstić information content (AvgIpc) is 2.36. The fourth-order valence-electron chi connectivity index (χ4n) is 3.26. The molecule has 124 valence electrons. The molecule has 0 N–H and O–H groups in total. The number of rotatable bonds is 2. The zero-order chi connectivity index (χ0) is 16.7. The molecule has 1 fully saturated rings. The monoisotopic (exact) mass is 310 g/mol. The largest absolute Gasteiger partial charge is 0.370 e. The van der Waals surface area contributed by atoms with Crippen molar-refractivity contribution >= 4 is 5.69 Å². The molecule has 1 aromatic rings. The van der Waals surface area contributed by atoms with Crippen molar-refractivity contribution in [2.45, 2.75) is 51.5 Å². The second-order valence-corrected chi connectivity index (χ2v) is 7.95. The fourth-order valence-corrected chi connectivity index (χ4v) is 3.26. The Kier molecular flexibility index (Phi) is 4.54. The molecular formula is C18H28F2N2. The molecule has 0 aliphatic carbocycles. The maximum absolute atomic E-state index is 14.4. The van der Waals surface area contributed by atoms with E-state index in [1.54, 1.807) is 0 Å². The highest BCUT2D eigenvalue weighted by atomic mass is 19.1. The maximum atomic E-state index is 14.4. The molecule has 2 nitrogen and oxygen atoms in total. The summed E-state index contributed by atoms with van der Waals surface area (Å²) in [6.45, 7) is 9.33. The minimum atomic E-state index is -0.535. The van der Waals surface area contributed by atoms with E-state index < -0.39 is 17.0 Å². The zero-order valence-electron chi connectivity index (χ0n) is 14.6. The summed E-state index contributed by atoms with van der Waals surface area (Å²) in [4.78, 5) is 4.30. The number of benzene rings is 1. The predicted octanol–water partition coefficient (Wildman–Crippen LogP) is 4.18. The normalized spacial score (nSPS) is 23.2. The second-order valence-electron chi connectivity index (χ2n) is 7.95. The third-order valence-electron chi connectivity index (χ3n) is 4.90. The lowest BCUT2D eigenvalue weighted by molar-refractivity contribution is 0.147. The Hall–Kier alpha value is -1.16. The topological polar surface area (TPSA) is 6.48 Å². The Balaban J connectivity index is 2.34. The first-order valence-electron chi connectivity index (χ1n) is 7.96. The third-order valence-corrected chi connectivity index (χ3v) is 4.90. The third kappa shape index (κ3) is 3.27. The fraction of sp³-hybridized carbons (Fsp3) is 0.667. The van der Waals surface area contributed by atoms with Crippen molar-refractivity contribution in [2.24, 2.45) is 0 Å². The van der Waals surface area contributed by atoms with E-state index >= 15 is 0 Å². The molecule has 0 amide bonds. The number of hydrogen-bond donors (Lipinski definition) is 0. The Morgan fingerprint density at radius 1 is 1.14 bits per heavy atom. The maximum Gasteiger partial charge on any atom is 0.131 e. The molecule has 0 aromatic heterocycles. The van der Waals surface area contributed by atoms with Crippen LogP contribution >= 0.6 is 0 Å². The van der Waals surface area contributed by atoms with Gasteiger partial charge >= 0.3 is 0 Å². The van der Waals surface area contributed by atoms with Gasteiger partial charge in [0, 0.05) is 29.9 Å². The zero-order valence-corrected chi connectivity index (χ0v) is 14.6. The van der Waals surface area contributed by atoms with E-state index in [4.69, 9.17) is 0 Å². The quantitative estimate of drug-likeness (QED) is 0.808. The summed E-state index contributed by atoms with van der Waals surface area (Å²) in [6, 6.07) is 2.98. The van der Waals surface area contributed by atoms with Gasteiger partial charge in [-0.2, -0.15) is 0 Å². The molecular weight excluding hydrogens is 282 g/mol. The van der Waals surface area contributed by atoms with Gasteiger partial charge < -0.3 is 9.80 Å². The van der Waals surface area contributed by atoms with Crippen molar-refractivity contribution in [3.8, 4) is 0 Å². The van der Waals surface area contributed by atoms with Crippen molar-refractivity contribution in [3.63, 3.8) is 0 Å². The summed E-state index contributed by atoms with van der Waals surface area (Å²) in [7, 11) is 4.13. The summed E-state index contributed by atoms with van der Waals surface area (Å²) < 4.78 is 28.9. The summed E-state index contributed by atoms with van der Waals surface area (Å²) in [6.07, 6.45) is 2.13. The molecule has 1 atom stereocenters. The first kappa shape index (κ1) is 17.2. The molecule has 1 aromatic carbocycles. The van der Waals surface area contributed by atoms with Crippen LogP contribution in [0, 0.1) is 11.6 Å². The van der Waals surface area contributed by atoms with E-state index in [1.807, 2.05) is 20.8 Å². The van der Waals surface area contributed by atoms with Crippen LogP contribution < -0.4 is 4.90 Å². The number of hydrogen-bond acceptors (Lipinski definition) is 2. The Morgan fingerprint density at radius 2 is 1.68 bits per heavy atom. The van der Waals surface area contributed by atoms with Gasteiger partial charge in [0.1, 0.15) is 11.6 Å². The Morgan fingerprint density at radius 3 is 2.14 bits per heavy atom. The van der Waals surface area contributed by atoms with E-state index in [0.29, 0.717) is 5.69 Å². The van der Waals surface area contributed by atoms with Crippen LogP contribution in [0.4, 0.5) is 14.5 Å². The summed E-state index contributed by atoms with van der Waals surface area (Å²) in [5, 5.41) is 0. The van der Waals surface area contributed by atoms with Crippen LogP contribution in [-0.2, 0) is 5.41 Å². The molecule has 4 heteroatoms. The summed E-state index contributed by atoms with van der Waals surface area (Å²) in [5.74, 6) is -0.890. The number of anilines is 1. The number of halogens is 2. The average molecular weight is 310 g/mol. The van der Waals surface area contributed by atoms with Gasteiger partial charge in [0.2, 0.25) is 0 Å². The van der Waals surface area contributed by atoms with Crippen molar-refractivity contribution in [2.75, 3.05) is 32.1 Å². The van der Waals surface area contributed by atoms with Gasteiger partial charge in [-0.3, -0.25) is 0 Å². The van der Waals surface area contributed by atoms with Gasteiger partial charge in [0.25, 0.3) is 0 Å². The van der Waals surface area contributed by atoms with E-state index in [0.717, 1.165) is 25.9 Å². The van der Waals surface area contributed by atoms with Gasteiger partial charge in [-0.05, 0) is 51.4 Å². The molecule has 0 bridgehead atoms. The van der Waals surface area contributed by atoms with Gasteiger partial charge in [-0.25, -0.2) is 8.78 Å². The molecule has 1 aliphatic rings. The van der Waals surface area contributed by atoms with Crippen molar-refractivity contribution < 1.29 is 8.78 Å². The molecule has 2 rings (SSSR count). The lowest BCUT2D eigenvalue weighted by Gasteiger charge is -2.45. The second kappa shape index (κ2) is 5.80. The highest BCUT2D eigenvalue weighted by Crippen LogP contribution is 2.34. The van der Waals surface area contributed by atoms with Crippen LogP contribution in [-0.4, -0.2) is 37.6 Å². The van der Waals surface area contributed by atoms with Crippen molar-refractivity contribution in [3.05, 3.63) is 29.3 Å².